The van der Waals surface area contributed by atoms with Crippen molar-refractivity contribution in [2.24, 2.45) is 0 Å². The maximum absolute atomic E-state index is 4.13. The summed E-state index contributed by atoms with van der Waals surface area (Å²) in [6, 6.07) is 2.36. The minimum Gasteiger partial charge on any atom is -0.412 e. The molecule has 1 aromatic rings. The van der Waals surface area contributed by atoms with Crippen molar-refractivity contribution in [2.45, 2.75) is 18.9 Å². The molecule has 0 aliphatic carbocycles. The van der Waals surface area contributed by atoms with Crippen LogP contribution in [0.3, 0.4) is 0 Å². The normalized spacial score (nSPS) is 15.0. The van der Waals surface area contributed by atoms with Crippen molar-refractivity contribution in [1.82, 2.24) is 15.3 Å². The average molecular weight is 269 g/mol. The van der Waals surface area contributed by atoms with Crippen LogP contribution in [0.5, 0.6) is 0 Å². The number of piperidine rings is 1. The molecule has 16 heavy (non-hydrogen) atoms. The topological polar surface area (TPSA) is 81.3 Å². The predicted octanol–water partition coefficient (Wildman–Crippen LogP) is 0.659. The van der Waals surface area contributed by atoms with Crippen LogP contribution < -0.4 is 10.6 Å². The number of rotatable bonds is 2. The number of hydrogen-bond donors (Lipinski definition) is 2. The lowest BCUT2D eigenvalue weighted by molar-refractivity contribution is 0.477. The molecule has 0 bridgehead atoms. The van der Waals surface area contributed by atoms with Gasteiger partial charge < -0.3 is 16.1 Å². The molecule has 1 saturated heterocycles. The smallest absolute Gasteiger partial charge is 0.222 e. The molecule has 1 aromatic heterocycles. The summed E-state index contributed by atoms with van der Waals surface area (Å²) in [6.45, 7) is 2.18. The Labute approximate surface area is 108 Å². The Kier molecular flexibility index (Phi) is 10.7. The van der Waals surface area contributed by atoms with Crippen molar-refractivity contribution in [3.63, 3.8) is 0 Å². The van der Waals surface area contributed by atoms with Crippen LogP contribution in [0.25, 0.3) is 0 Å². The molecule has 4 N–H and O–H groups in total. The first kappa shape index (κ1) is 17.8. The molecule has 1 fully saturated rings. The Morgan fingerprint density at radius 1 is 1.12 bits per heavy atom. The zero-order chi connectivity index (χ0) is 8.93. The van der Waals surface area contributed by atoms with Gasteiger partial charge in [0.05, 0.1) is 0 Å². The Balaban J connectivity index is 0. The van der Waals surface area contributed by atoms with Crippen LogP contribution in [0.4, 0.5) is 5.95 Å². The van der Waals surface area contributed by atoms with Crippen molar-refractivity contribution in [3.8, 4) is 0 Å². The molecule has 0 aromatic carbocycles. The first-order valence-electron chi connectivity index (χ1n) is 4.69. The summed E-state index contributed by atoms with van der Waals surface area (Å²) in [5, 5.41) is 6.64. The highest BCUT2D eigenvalue weighted by molar-refractivity contribution is 5.85. The van der Waals surface area contributed by atoms with E-state index in [0.29, 0.717) is 6.04 Å². The van der Waals surface area contributed by atoms with E-state index in [0.717, 1.165) is 31.9 Å². The second kappa shape index (κ2) is 9.59. The summed E-state index contributed by atoms with van der Waals surface area (Å²) in [6.07, 6.45) is 5.82. The monoisotopic (exact) mass is 268 g/mol. The minimum absolute atomic E-state index is 0. The molecule has 0 saturated carbocycles. The predicted molar refractivity (Wildman–Crippen MR) is 69.7 cm³/mol. The zero-order valence-electron chi connectivity index (χ0n) is 8.85. The van der Waals surface area contributed by atoms with Gasteiger partial charge >= 0.3 is 0 Å². The van der Waals surface area contributed by atoms with Crippen molar-refractivity contribution < 1.29 is 5.48 Å². The molecule has 1 aliphatic rings. The maximum Gasteiger partial charge on any atom is 0.222 e. The molecule has 1 aliphatic heterocycles. The average Bonchev–Trinajstić information content (AvgIpc) is 2.21. The van der Waals surface area contributed by atoms with E-state index < -0.39 is 0 Å². The van der Waals surface area contributed by atoms with Crippen LogP contribution in [-0.4, -0.2) is 34.6 Å². The number of halogens is 2. The number of aromatic nitrogens is 2. The van der Waals surface area contributed by atoms with E-state index in [-0.39, 0.29) is 30.3 Å². The van der Waals surface area contributed by atoms with E-state index >= 15 is 0 Å². The van der Waals surface area contributed by atoms with Crippen LogP contribution in [-0.2, 0) is 0 Å². The van der Waals surface area contributed by atoms with E-state index in [4.69, 9.17) is 0 Å². The summed E-state index contributed by atoms with van der Waals surface area (Å²) >= 11 is 0. The van der Waals surface area contributed by atoms with Crippen LogP contribution in [0.15, 0.2) is 18.5 Å². The van der Waals surface area contributed by atoms with Gasteiger partial charge in [-0.25, -0.2) is 9.97 Å². The number of nitrogens with one attached hydrogen (secondary N) is 2. The van der Waals surface area contributed by atoms with E-state index in [1.165, 1.54) is 0 Å². The molecule has 0 spiro atoms. The summed E-state index contributed by atoms with van der Waals surface area (Å²) in [4.78, 5) is 8.26. The highest BCUT2D eigenvalue weighted by Gasteiger charge is 2.12. The molecular formula is C9H18Cl2N4O. The SMILES string of the molecule is Cl.Cl.O.c1cnc(NC2CCNCC2)nc1. The standard InChI is InChI=1S/C9H14N4.2ClH.H2O/c1-4-11-9(12-5-1)13-8-2-6-10-7-3-8;;;/h1,4-5,8,10H,2-3,6-7H2,(H,11,12,13);2*1H;1H2. The van der Waals surface area contributed by atoms with Crippen molar-refractivity contribution in [1.29, 1.82) is 0 Å². The van der Waals surface area contributed by atoms with Gasteiger partial charge in [0, 0.05) is 18.4 Å². The van der Waals surface area contributed by atoms with Gasteiger partial charge in [0.25, 0.3) is 0 Å². The fourth-order valence-corrected chi connectivity index (χ4v) is 1.52. The summed E-state index contributed by atoms with van der Waals surface area (Å²) in [7, 11) is 0. The molecule has 0 amide bonds. The lowest BCUT2D eigenvalue weighted by Gasteiger charge is -2.23. The lowest BCUT2D eigenvalue weighted by atomic mass is 10.1. The third kappa shape index (κ3) is 5.46. The van der Waals surface area contributed by atoms with Crippen LogP contribution in [0, 0.1) is 0 Å². The Hall–Kier alpha value is -0.620. The Bertz CT molecular complexity index is 257. The fourth-order valence-electron chi connectivity index (χ4n) is 1.52. The van der Waals surface area contributed by atoms with Gasteiger partial charge in [-0.05, 0) is 32.0 Å². The highest BCUT2D eigenvalue weighted by atomic mass is 35.5. The Morgan fingerprint density at radius 3 is 2.25 bits per heavy atom. The number of nitrogens with zero attached hydrogens (tertiary/aromatic N) is 2. The molecule has 2 rings (SSSR count). The van der Waals surface area contributed by atoms with Crippen molar-refractivity contribution in [3.05, 3.63) is 18.5 Å². The molecule has 94 valence electrons. The minimum atomic E-state index is 0. The molecular weight excluding hydrogens is 251 g/mol. The van der Waals surface area contributed by atoms with E-state index in [1.807, 2.05) is 6.07 Å². The number of hydrogen-bond acceptors (Lipinski definition) is 4. The van der Waals surface area contributed by atoms with E-state index in [1.54, 1.807) is 12.4 Å². The van der Waals surface area contributed by atoms with Crippen LogP contribution in [0.2, 0.25) is 0 Å². The summed E-state index contributed by atoms with van der Waals surface area (Å²) < 4.78 is 0. The molecule has 0 radical (unpaired) electrons. The van der Waals surface area contributed by atoms with Crippen molar-refractivity contribution in [2.75, 3.05) is 18.4 Å². The molecule has 7 heteroatoms. The maximum atomic E-state index is 4.13. The second-order valence-electron chi connectivity index (χ2n) is 3.24. The van der Waals surface area contributed by atoms with E-state index in [9.17, 15) is 0 Å². The van der Waals surface area contributed by atoms with Gasteiger partial charge in [0.2, 0.25) is 5.95 Å². The summed E-state index contributed by atoms with van der Waals surface area (Å²) in [5.74, 6) is 0.745. The number of anilines is 1. The molecule has 2 heterocycles. The molecule has 0 atom stereocenters. The first-order chi connectivity index (χ1) is 6.45. The van der Waals surface area contributed by atoms with Crippen LogP contribution >= 0.6 is 24.8 Å². The zero-order valence-corrected chi connectivity index (χ0v) is 10.5. The summed E-state index contributed by atoms with van der Waals surface area (Å²) in [5.41, 5.74) is 0. The van der Waals surface area contributed by atoms with Gasteiger partial charge in [-0.2, -0.15) is 0 Å². The second-order valence-corrected chi connectivity index (χ2v) is 3.24. The van der Waals surface area contributed by atoms with Crippen LogP contribution in [0.1, 0.15) is 12.8 Å². The van der Waals surface area contributed by atoms with Gasteiger partial charge in [-0.1, -0.05) is 0 Å². The molecule has 5 nitrogen and oxygen atoms in total. The highest BCUT2D eigenvalue weighted by Crippen LogP contribution is 2.07. The van der Waals surface area contributed by atoms with Crippen molar-refractivity contribution >= 4 is 30.8 Å². The Morgan fingerprint density at radius 2 is 1.69 bits per heavy atom. The quantitative estimate of drug-likeness (QED) is 0.826. The first-order valence-corrected chi connectivity index (χ1v) is 4.69. The molecule has 0 unspecified atom stereocenters. The fraction of sp³-hybridized carbons (Fsp3) is 0.556. The van der Waals surface area contributed by atoms with Gasteiger partial charge in [-0.3, -0.25) is 0 Å². The third-order valence-corrected chi connectivity index (χ3v) is 2.24. The van der Waals surface area contributed by atoms with Gasteiger partial charge in [-0.15, -0.1) is 24.8 Å². The van der Waals surface area contributed by atoms with Gasteiger partial charge in [0.1, 0.15) is 0 Å². The lowest BCUT2D eigenvalue weighted by Crippen LogP contribution is -2.35. The third-order valence-electron chi connectivity index (χ3n) is 2.24. The van der Waals surface area contributed by atoms with Gasteiger partial charge in [0.15, 0.2) is 0 Å². The van der Waals surface area contributed by atoms with E-state index in [2.05, 4.69) is 20.6 Å². The largest absolute Gasteiger partial charge is 0.412 e.